The number of imidazole rings is 1. The lowest BCUT2D eigenvalue weighted by Gasteiger charge is -2.42. The van der Waals surface area contributed by atoms with E-state index in [1.807, 2.05) is 31.3 Å². The molecule has 4 rings (SSSR count). The smallest absolute Gasteiger partial charge is 0.228 e. The van der Waals surface area contributed by atoms with Crippen molar-refractivity contribution in [2.75, 3.05) is 0 Å². The van der Waals surface area contributed by atoms with E-state index in [9.17, 15) is 4.79 Å². The molecule has 0 spiro atoms. The number of aromatic nitrogens is 2. The molecule has 27 heavy (non-hydrogen) atoms. The van der Waals surface area contributed by atoms with Crippen LogP contribution in [-0.2, 0) is 10.2 Å². The largest absolute Gasteiger partial charge is 0.369 e. The van der Waals surface area contributed by atoms with Gasteiger partial charge in [0.25, 0.3) is 0 Å². The zero-order chi connectivity index (χ0) is 18.9. The second-order valence-corrected chi connectivity index (χ2v) is 7.80. The van der Waals surface area contributed by atoms with Gasteiger partial charge < -0.3 is 10.3 Å². The standard InChI is InChI=1S/C23H27N3O/c1-17-25-14-15-26(17)21-13-12-20(16-21)23(22(24)27,18-8-4-2-5-9-18)19-10-6-3-7-11-19/h2-10,14-15,19-21H,11-13,16H2,1H3,(H2,24,27)/t19?,20?,21-,23-/m0/s1. The zero-order valence-electron chi connectivity index (χ0n) is 15.8. The highest BCUT2D eigenvalue weighted by molar-refractivity contribution is 5.88. The van der Waals surface area contributed by atoms with Crippen LogP contribution < -0.4 is 5.73 Å². The van der Waals surface area contributed by atoms with Crippen molar-refractivity contribution in [3.63, 3.8) is 0 Å². The Hall–Kier alpha value is -2.62. The van der Waals surface area contributed by atoms with Crippen LogP contribution in [0.2, 0.25) is 0 Å². The molecule has 0 aliphatic heterocycles. The topological polar surface area (TPSA) is 60.9 Å². The van der Waals surface area contributed by atoms with Crippen molar-refractivity contribution in [1.82, 2.24) is 9.55 Å². The van der Waals surface area contributed by atoms with Crippen LogP contribution in [0.15, 0.2) is 67.0 Å². The molecule has 2 aliphatic carbocycles. The van der Waals surface area contributed by atoms with Crippen molar-refractivity contribution in [3.05, 3.63) is 78.4 Å². The highest BCUT2D eigenvalue weighted by atomic mass is 16.1. The molecule has 1 heterocycles. The highest BCUT2D eigenvalue weighted by Crippen LogP contribution is 2.51. The number of carbonyl (C=O) groups is 1. The minimum Gasteiger partial charge on any atom is -0.369 e. The number of benzene rings is 1. The van der Waals surface area contributed by atoms with Crippen molar-refractivity contribution in [2.45, 2.75) is 44.1 Å². The van der Waals surface area contributed by atoms with Gasteiger partial charge in [-0.1, -0.05) is 54.6 Å². The zero-order valence-corrected chi connectivity index (χ0v) is 15.8. The normalized spacial score (nSPS) is 26.8. The van der Waals surface area contributed by atoms with Gasteiger partial charge in [0.2, 0.25) is 5.91 Å². The van der Waals surface area contributed by atoms with Crippen LogP contribution in [0.25, 0.3) is 0 Å². The maximum atomic E-state index is 13.1. The fourth-order valence-electron chi connectivity index (χ4n) is 5.31. The lowest BCUT2D eigenvalue weighted by atomic mass is 9.59. The first-order chi connectivity index (χ1) is 13.1. The third-order valence-corrected chi connectivity index (χ3v) is 6.53. The lowest BCUT2D eigenvalue weighted by Crippen LogP contribution is -2.52. The van der Waals surface area contributed by atoms with Gasteiger partial charge in [-0.2, -0.15) is 0 Å². The first-order valence-corrected chi connectivity index (χ1v) is 9.82. The molecule has 1 fully saturated rings. The van der Waals surface area contributed by atoms with Crippen LogP contribution in [0.1, 0.15) is 43.1 Å². The molecule has 2 unspecified atom stereocenters. The molecule has 2 aliphatic rings. The van der Waals surface area contributed by atoms with Gasteiger partial charge in [-0.15, -0.1) is 0 Å². The van der Waals surface area contributed by atoms with E-state index >= 15 is 0 Å². The Balaban J connectivity index is 1.76. The molecule has 4 heteroatoms. The SMILES string of the molecule is Cc1nccn1[C@H]1CCC([C@](C(N)=O)(c2ccccc2)C2C=CC=CC2)C1. The number of nitrogens with zero attached hydrogens (tertiary/aromatic N) is 2. The van der Waals surface area contributed by atoms with Crippen LogP contribution in [0.4, 0.5) is 0 Å². The number of carbonyl (C=O) groups excluding carboxylic acids is 1. The summed E-state index contributed by atoms with van der Waals surface area (Å²) in [6.07, 6.45) is 16.2. The number of amides is 1. The molecule has 1 aromatic heterocycles. The summed E-state index contributed by atoms with van der Waals surface area (Å²) in [6.45, 7) is 2.04. The fourth-order valence-corrected chi connectivity index (χ4v) is 5.31. The van der Waals surface area contributed by atoms with Crippen LogP contribution in [0, 0.1) is 18.8 Å². The molecule has 0 radical (unpaired) electrons. The van der Waals surface area contributed by atoms with Gasteiger partial charge in [0.1, 0.15) is 5.82 Å². The summed E-state index contributed by atoms with van der Waals surface area (Å²) in [5, 5.41) is 0. The van der Waals surface area contributed by atoms with Crippen LogP contribution in [0.5, 0.6) is 0 Å². The van der Waals surface area contributed by atoms with Gasteiger partial charge >= 0.3 is 0 Å². The van der Waals surface area contributed by atoms with Crippen molar-refractivity contribution >= 4 is 5.91 Å². The molecule has 1 amide bonds. The first-order valence-electron chi connectivity index (χ1n) is 9.82. The van der Waals surface area contributed by atoms with Gasteiger partial charge in [-0.3, -0.25) is 4.79 Å². The predicted molar refractivity (Wildman–Crippen MR) is 107 cm³/mol. The molecule has 0 saturated heterocycles. The Morgan fingerprint density at radius 1 is 1.22 bits per heavy atom. The monoisotopic (exact) mass is 361 g/mol. The number of primary amides is 1. The average molecular weight is 361 g/mol. The third-order valence-electron chi connectivity index (χ3n) is 6.53. The van der Waals surface area contributed by atoms with Gasteiger partial charge in [0.05, 0.1) is 5.41 Å². The van der Waals surface area contributed by atoms with Crippen LogP contribution in [0.3, 0.4) is 0 Å². The minimum absolute atomic E-state index is 0.0926. The summed E-state index contributed by atoms with van der Waals surface area (Å²) in [6, 6.07) is 10.6. The molecule has 140 valence electrons. The maximum absolute atomic E-state index is 13.1. The Labute approximate surface area is 160 Å². The Morgan fingerprint density at radius 2 is 2.04 bits per heavy atom. The van der Waals surface area contributed by atoms with E-state index in [1.165, 1.54) is 0 Å². The second kappa shape index (κ2) is 7.18. The number of rotatable bonds is 5. The minimum atomic E-state index is -0.675. The van der Waals surface area contributed by atoms with Crippen molar-refractivity contribution in [1.29, 1.82) is 0 Å². The summed E-state index contributed by atoms with van der Waals surface area (Å²) in [7, 11) is 0. The Bertz CT molecular complexity index is 867. The van der Waals surface area contributed by atoms with Crippen LogP contribution in [-0.4, -0.2) is 15.5 Å². The molecular weight excluding hydrogens is 334 g/mol. The van der Waals surface area contributed by atoms with Crippen molar-refractivity contribution in [3.8, 4) is 0 Å². The molecule has 2 aromatic rings. The summed E-state index contributed by atoms with van der Waals surface area (Å²) < 4.78 is 2.26. The molecule has 0 bridgehead atoms. The summed E-state index contributed by atoms with van der Waals surface area (Å²) in [5.74, 6) is 1.14. The Morgan fingerprint density at radius 3 is 2.67 bits per heavy atom. The Kier molecular flexibility index (Phi) is 4.73. The molecule has 1 aromatic carbocycles. The van der Waals surface area contributed by atoms with E-state index in [0.717, 1.165) is 37.1 Å². The maximum Gasteiger partial charge on any atom is 0.228 e. The van der Waals surface area contributed by atoms with E-state index in [4.69, 9.17) is 5.73 Å². The first kappa shape index (κ1) is 17.8. The van der Waals surface area contributed by atoms with E-state index in [2.05, 4.69) is 52.2 Å². The molecule has 1 saturated carbocycles. The summed E-state index contributed by atoms with van der Waals surface area (Å²) in [4.78, 5) is 17.5. The molecule has 4 atom stereocenters. The van der Waals surface area contributed by atoms with E-state index in [0.29, 0.717) is 6.04 Å². The highest BCUT2D eigenvalue weighted by Gasteiger charge is 2.52. The number of hydrogen-bond acceptors (Lipinski definition) is 2. The molecular formula is C23H27N3O. The van der Waals surface area contributed by atoms with E-state index in [-0.39, 0.29) is 17.7 Å². The van der Waals surface area contributed by atoms with Gasteiger partial charge in [0, 0.05) is 18.4 Å². The number of nitrogens with two attached hydrogens (primary N) is 1. The van der Waals surface area contributed by atoms with E-state index in [1.54, 1.807) is 0 Å². The summed E-state index contributed by atoms with van der Waals surface area (Å²) >= 11 is 0. The van der Waals surface area contributed by atoms with Crippen molar-refractivity contribution in [2.24, 2.45) is 17.6 Å². The third kappa shape index (κ3) is 2.93. The van der Waals surface area contributed by atoms with Crippen LogP contribution >= 0.6 is 0 Å². The number of aryl methyl sites for hydroxylation is 1. The average Bonchev–Trinajstić information content (AvgIpc) is 3.33. The molecule has 4 nitrogen and oxygen atoms in total. The fraction of sp³-hybridized carbons (Fsp3) is 0.391. The number of allylic oxidation sites excluding steroid dienone is 4. The number of hydrogen-bond donors (Lipinski definition) is 1. The van der Waals surface area contributed by atoms with E-state index < -0.39 is 5.41 Å². The summed E-state index contributed by atoms with van der Waals surface area (Å²) in [5.41, 5.74) is 6.57. The quantitative estimate of drug-likeness (QED) is 0.872. The van der Waals surface area contributed by atoms with Gasteiger partial charge in [-0.05, 0) is 50.0 Å². The molecule has 2 N–H and O–H groups in total. The van der Waals surface area contributed by atoms with Gasteiger partial charge in [-0.25, -0.2) is 4.98 Å². The second-order valence-electron chi connectivity index (χ2n) is 7.80. The van der Waals surface area contributed by atoms with Gasteiger partial charge in [0.15, 0.2) is 0 Å². The lowest BCUT2D eigenvalue weighted by molar-refractivity contribution is -0.127. The van der Waals surface area contributed by atoms with Crippen molar-refractivity contribution < 1.29 is 4.79 Å². The predicted octanol–water partition coefficient (Wildman–Crippen LogP) is 4.09.